The molecule has 0 atom stereocenters. The van der Waals surface area contributed by atoms with E-state index in [0.717, 1.165) is 12.8 Å². The highest BCUT2D eigenvalue weighted by Crippen LogP contribution is 2.20. The van der Waals surface area contributed by atoms with E-state index in [-0.39, 0.29) is 23.9 Å². The summed E-state index contributed by atoms with van der Waals surface area (Å²) < 4.78 is 0. The van der Waals surface area contributed by atoms with Crippen molar-refractivity contribution in [3.8, 4) is 0 Å². The van der Waals surface area contributed by atoms with Crippen LogP contribution in [0, 0.1) is 0 Å². The number of hydrogen-bond acceptors (Lipinski definition) is 3. The lowest BCUT2D eigenvalue weighted by atomic mass is 10.1. The van der Waals surface area contributed by atoms with E-state index in [2.05, 4.69) is 16.0 Å². The summed E-state index contributed by atoms with van der Waals surface area (Å²) in [6.45, 7) is 6.25. The lowest BCUT2D eigenvalue weighted by molar-refractivity contribution is -0.115. The third-order valence-corrected chi connectivity index (χ3v) is 3.10. The van der Waals surface area contributed by atoms with Crippen molar-refractivity contribution in [1.29, 1.82) is 0 Å². The Morgan fingerprint density at radius 2 is 1.95 bits per heavy atom. The maximum Gasteiger partial charge on any atom is 0.251 e. The van der Waals surface area contributed by atoms with Crippen LogP contribution in [0.5, 0.6) is 0 Å². The van der Waals surface area contributed by atoms with E-state index in [1.54, 1.807) is 24.3 Å². The average Bonchev–Trinajstić information content (AvgIpc) is 3.20. The van der Waals surface area contributed by atoms with Gasteiger partial charge in [-0.3, -0.25) is 9.59 Å². The minimum Gasteiger partial charge on any atom is -0.349 e. The molecule has 1 aromatic rings. The fourth-order valence-electron chi connectivity index (χ4n) is 1.79. The van der Waals surface area contributed by atoms with Gasteiger partial charge in [0.25, 0.3) is 5.91 Å². The van der Waals surface area contributed by atoms with Crippen molar-refractivity contribution < 1.29 is 9.59 Å². The van der Waals surface area contributed by atoms with Crippen molar-refractivity contribution in [2.45, 2.75) is 45.2 Å². The highest BCUT2D eigenvalue weighted by atomic mass is 16.2. The van der Waals surface area contributed by atoms with Gasteiger partial charge in [0.05, 0.1) is 6.54 Å². The Labute approximate surface area is 125 Å². The fourth-order valence-corrected chi connectivity index (χ4v) is 1.79. The van der Waals surface area contributed by atoms with Crippen molar-refractivity contribution in [3.05, 3.63) is 29.8 Å². The molecule has 1 aromatic carbocycles. The van der Waals surface area contributed by atoms with Gasteiger partial charge in [0.1, 0.15) is 0 Å². The standard InChI is InChI=1S/C16H23N3O2/c1-16(2,3)17-10-14(20)18-13-6-4-5-11(9-13)15(21)19-12-7-8-12/h4-6,9,12,17H,7-8,10H2,1-3H3,(H,18,20)(H,19,21). The van der Waals surface area contributed by atoms with E-state index in [1.807, 2.05) is 20.8 Å². The lowest BCUT2D eigenvalue weighted by Crippen LogP contribution is -2.41. The molecule has 3 N–H and O–H groups in total. The zero-order chi connectivity index (χ0) is 15.5. The van der Waals surface area contributed by atoms with E-state index in [4.69, 9.17) is 0 Å². The molecule has 0 aliphatic heterocycles. The molecule has 1 aliphatic rings. The predicted molar refractivity (Wildman–Crippen MR) is 83.3 cm³/mol. The second-order valence-corrected chi connectivity index (χ2v) is 6.48. The first-order chi connectivity index (χ1) is 9.83. The first-order valence-corrected chi connectivity index (χ1v) is 7.29. The van der Waals surface area contributed by atoms with Crippen molar-refractivity contribution in [2.24, 2.45) is 0 Å². The Morgan fingerprint density at radius 3 is 2.57 bits per heavy atom. The fraction of sp³-hybridized carbons (Fsp3) is 0.500. The molecule has 0 radical (unpaired) electrons. The summed E-state index contributed by atoms with van der Waals surface area (Å²) in [5.41, 5.74) is 1.10. The third kappa shape index (κ3) is 5.55. The highest BCUT2D eigenvalue weighted by Gasteiger charge is 2.23. The molecule has 0 saturated heterocycles. The van der Waals surface area contributed by atoms with Crippen molar-refractivity contribution in [2.75, 3.05) is 11.9 Å². The van der Waals surface area contributed by atoms with Gasteiger partial charge >= 0.3 is 0 Å². The molecule has 2 rings (SSSR count). The van der Waals surface area contributed by atoms with Crippen molar-refractivity contribution in [1.82, 2.24) is 10.6 Å². The summed E-state index contributed by atoms with van der Waals surface area (Å²) in [4.78, 5) is 23.8. The Hall–Kier alpha value is -1.88. The van der Waals surface area contributed by atoms with Crippen LogP contribution in [0.1, 0.15) is 44.0 Å². The maximum absolute atomic E-state index is 12.0. The number of nitrogens with one attached hydrogen (secondary N) is 3. The van der Waals surface area contributed by atoms with Crippen LogP contribution in [-0.4, -0.2) is 29.9 Å². The monoisotopic (exact) mass is 289 g/mol. The van der Waals surface area contributed by atoms with Gasteiger partial charge in [0.15, 0.2) is 0 Å². The van der Waals surface area contributed by atoms with Crippen LogP contribution >= 0.6 is 0 Å². The number of anilines is 1. The van der Waals surface area contributed by atoms with Crippen LogP contribution in [0.25, 0.3) is 0 Å². The number of amides is 2. The van der Waals surface area contributed by atoms with Crippen LogP contribution in [0.2, 0.25) is 0 Å². The summed E-state index contributed by atoms with van der Waals surface area (Å²) in [5, 5.41) is 8.85. The summed E-state index contributed by atoms with van der Waals surface area (Å²) in [7, 11) is 0. The Bertz CT molecular complexity index is 531. The number of benzene rings is 1. The first kappa shape index (κ1) is 15.5. The van der Waals surface area contributed by atoms with Crippen molar-refractivity contribution >= 4 is 17.5 Å². The first-order valence-electron chi connectivity index (χ1n) is 7.29. The molecule has 114 valence electrons. The maximum atomic E-state index is 12.0. The van der Waals surface area contributed by atoms with Gasteiger partial charge in [-0.2, -0.15) is 0 Å². The minimum atomic E-state index is -0.121. The van der Waals surface area contributed by atoms with E-state index in [0.29, 0.717) is 17.3 Å². The number of hydrogen-bond donors (Lipinski definition) is 3. The van der Waals surface area contributed by atoms with Gasteiger partial charge in [0.2, 0.25) is 5.91 Å². The summed E-state index contributed by atoms with van der Waals surface area (Å²) >= 11 is 0. The zero-order valence-electron chi connectivity index (χ0n) is 12.8. The molecule has 1 aliphatic carbocycles. The average molecular weight is 289 g/mol. The second kappa shape index (κ2) is 6.26. The Balaban J connectivity index is 1.90. The van der Waals surface area contributed by atoms with Gasteiger partial charge in [-0.25, -0.2) is 0 Å². The minimum absolute atomic E-state index is 0.0820. The van der Waals surface area contributed by atoms with Gasteiger partial charge in [-0.15, -0.1) is 0 Å². The molecule has 0 unspecified atom stereocenters. The summed E-state index contributed by atoms with van der Waals surface area (Å²) in [5.74, 6) is -0.203. The van der Waals surface area contributed by atoms with E-state index in [1.165, 1.54) is 0 Å². The number of carbonyl (C=O) groups excluding carboxylic acids is 2. The van der Waals surface area contributed by atoms with Crippen LogP contribution in [0.4, 0.5) is 5.69 Å². The Morgan fingerprint density at radius 1 is 1.24 bits per heavy atom. The van der Waals surface area contributed by atoms with Gasteiger partial charge in [-0.05, 0) is 51.8 Å². The predicted octanol–water partition coefficient (Wildman–Crippen LogP) is 1.91. The highest BCUT2D eigenvalue weighted by molar-refractivity contribution is 5.97. The van der Waals surface area contributed by atoms with Crippen LogP contribution in [0.15, 0.2) is 24.3 Å². The molecular formula is C16H23N3O2. The topological polar surface area (TPSA) is 70.2 Å². The molecular weight excluding hydrogens is 266 g/mol. The second-order valence-electron chi connectivity index (χ2n) is 6.48. The molecule has 5 nitrogen and oxygen atoms in total. The molecule has 5 heteroatoms. The molecule has 0 spiro atoms. The van der Waals surface area contributed by atoms with Crippen LogP contribution < -0.4 is 16.0 Å². The molecule has 1 saturated carbocycles. The summed E-state index contributed by atoms with van der Waals surface area (Å²) in [6.07, 6.45) is 2.11. The van der Waals surface area contributed by atoms with E-state index < -0.39 is 0 Å². The van der Waals surface area contributed by atoms with Gasteiger partial charge in [-0.1, -0.05) is 6.07 Å². The largest absolute Gasteiger partial charge is 0.349 e. The number of carbonyl (C=O) groups is 2. The molecule has 1 fully saturated rings. The Kier molecular flexibility index (Phi) is 4.63. The third-order valence-electron chi connectivity index (χ3n) is 3.10. The van der Waals surface area contributed by atoms with E-state index in [9.17, 15) is 9.59 Å². The number of rotatable bonds is 5. The normalized spacial score (nSPS) is 14.6. The van der Waals surface area contributed by atoms with Gasteiger partial charge in [0, 0.05) is 22.8 Å². The molecule has 0 bridgehead atoms. The van der Waals surface area contributed by atoms with Crippen molar-refractivity contribution in [3.63, 3.8) is 0 Å². The SMILES string of the molecule is CC(C)(C)NCC(=O)Nc1cccc(C(=O)NC2CC2)c1. The molecule has 21 heavy (non-hydrogen) atoms. The lowest BCUT2D eigenvalue weighted by Gasteiger charge is -2.20. The molecule has 2 amide bonds. The molecule has 0 heterocycles. The van der Waals surface area contributed by atoms with Crippen LogP contribution in [0.3, 0.4) is 0 Å². The molecule has 0 aromatic heterocycles. The van der Waals surface area contributed by atoms with Crippen LogP contribution in [-0.2, 0) is 4.79 Å². The van der Waals surface area contributed by atoms with Gasteiger partial charge < -0.3 is 16.0 Å². The zero-order valence-corrected chi connectivity index (χ0v) is 12.8. The quantitative estimate of drug-likeness (QED) is 0.775. The van der Waals surface area contributed by atoms with E-state index >= 15 is 0 Å². The summed E-state index contributed by atoms with van der Waals surface area (Å²) in [6, 6.07) is 7.33. The smallest absolute Gasteiger partial charge is 0.251 e.